The molecule has 23 heavy (non-hydrogen) atoms. The van der Waals surface area contributed by atoms with Crippen molar-refractivity contribution in [3.63, 3.8) is 0 Å². The van der Waals surface area contributed by atoms with Crippen LogP contribution in [0.1, 0.15) is 30.6 Å². The van der Waals surface area contributed by atoms with E-state index in [2.05, 4.69) is 30.0 Å². The van der Waals surface area contributed by atoms with Crippen molar-refractivity contribution >= 4 is 20.8 Å². The van der Waals surface area contributed by atoms with E-state index >= 15 is 0 Å². The summed E-state index contributed by atoms with van der Waals surface area (Å²) in [6.45, 7) is 4.76. The molecule has 5 heteroatoms. The standard InChI is InChI=1S/C18H23NO3S/c1-14-3-4-17-15(9-14)10-16(22-17)11-19-7-2-5-18(12-19)6-8-23(20,21)13-18/h3-4,9-10H,2,5-8,11-13H2,1H3/t18-/m1/s1. The lowest BCUT2D eigenvalue weighted by Crippen LogP contribution is -2.43. The van der Waals surface area contributed by atoms with Crippen LogP contribution in [0.4, 0.5) is 0 Å². The normalized spacial score (nSPS) is 27.9. The van der Waals surface area contributed by atoms with Crippen molar-refractivity contribution in [2.45, 2.75) is 32.7 Å². The number of sulfone groups is 1. The van der Waals surface area contributed by atoms with Gasteiger partial charge in [0.25, 0.3) is 0 Å². The molecule has 1 atom stereocenters. The summed E-state index contributed by atoms with van der Waals surface area (Å²) in [5.41, 5.74) is 2.15. The average molecular weight is 333 g/mol. The molecule has 0 amide bonds. The number of hydrogen-bond acceptors (Lipinski definition) is 4. The Balaban J connectivity index is 1.51. The average Bonchev–Trinajstić information content (AvgIpc) is 2.99. The maximum Gasteiger partial charge on any atom is 0.150 e. The van der Waals surface area contributed by atoms with E-state index in [9.17, 15) is 8.42 Å². The molecule has 0 aliphatic carbocycles. The Morgan fingerprint density at radius 1 is 1.26 bits per heavy atom. The first-order chi connectivity index (χ1) is 10.9. The maximum absolute atomic E-state index is 11.9. The molecule has 1 aromatic heterocycles. The predicted octanol–water partition coefficient (Wildman–Crippen LogP) is 3.14. The fraction of sp³-hybridized carbons (Fsp3) is 0.556. The van der Waals surface area contributed by atoms with Crippen LogP contribution in [0.15, 0.2) is 28.7 Å². The maximum atomic E-state index is 11.9. The molecule has 3 heterocycles. The third kappa shape index (κ3) is 3.04. The quantitative estimate of drug-likeness (QED) is 0.847. The van der Waals surface area contributed by atoms with Crippen LogP contribution in [0.25, 0.3) is 11.0 Å². The molecule has 4 nitrogen and oxygen atoms in total. The van der Waals surface area contributed by atoms with Gasteiger partial charge in [0.15, 0.2) is 9.84 Å². The topological polar surface area (TPSA) is 50.5 Å². The number of hydrogen-bond donors (Lipinski definition) is 0. The first-order valence-corrected chi connectivity index (χ1v) is 10.2. The van der Waals surface area contributed by atoms with Crippen molar-refractivity contribution in [2.75, 3.05) is 24.6 Å². The van der Waals surface area contributed by atoms with E-state index in [-0.39, 0.29) is 5.41 Å². The van der Waals surface area contributed by atoms with Gasteiger partial charge in [-0.05, 0) is 56.3 Å². The molecule has 2 aromatic rings. The second kappa shape index (κ2) is 5.35. The van der Waals surface area contributed by atoms with Gasteiger partial charge < -0.3 is 4.42 Å². The van der Waals surface area contributed by atoms with Gasteiger partial charge in [-0.25, -0.2) is 8.42 Å². The molecule has 2 aliphatic heterocycles. The van der Waals surface area contributed by atoms with E-state index < -0.39 is 9.84 Å². The molecule has 124 valence electrons. The Kier molecular flexibility index (Phi) is 3.54. The van der Waals surface area contributed by atoms with Gasteiger partial charge >= 0.3 is 0 Å². The van der Waals surface area contributed by atoms with Gasteiger partial charge in [0.2, 0.25) is 0 Å². The Morgan fingerprint density at radius 2 is 2.13 bits per heavy atom. The fourth-order valence-electron chi connectivity index (χ4n) is 4.27. The summed E-state index contributed by atoms with van der Waals surface area (Å²) >= 11 is 0. The Morgan fingerprint density at radius 3 is 2.91 bits per heavy atom. The Labute approximate surface area is 137 Å². The van der Waals surface area contributed by atoms with E-state index in [1.54, 1.807) is 0 Å². The molecular formula is C18H23NO3S. The van der Waals surface area contributed by atoms with Crippen LogP contribution in [0.2, 0.25) is 0 Å². The SMILES string of the molecule is Cc1ccc2oc(CN3CCC[C@@]4(CCS(=O)(=O)C4)C3)cc2c1. The summed E-state index contributed by atoms with van der Waals surface area (Å²) < 4.78 is 29.7. The molecule has 0 bridgehead atoms. The number of rotatable bonds is 2. The second-order valence-electron chi connectivity index (χ2n) is 7.41. The van der Waals surface area contributed by atoms with Crippen molar-refractivity contribution in [1.29, 1.82) is 0 Å². The molecule has 0 radical (unpaired) electrons. The van der Waals surface area contributed by atoms with Gasteiger partial charge in [0.1, 0.15) is 11.3 Å². The lowest BCUT2D eigenvalue weighted by molar-refractivity contribution is 0.0968. The number of aryl methyl sites for hydroxylation is 1. The molecule has 1 aromatic carbocycles. The van der Waals surface area contributed by atoms with E-state index in [4.69, 9.17) is 4.42 Å². The lowest BCUT2D eigenvalue weighted by atomic mass is 9.79. The van der Waals surface area contributed by atoms with Gasteiger partial charge in [-0.3, -0.25) is 4.90 Å². The minimum atomic E-state index is -2.83. The van der Waals surface area contributed by atoms with Crippen molar-refractivity contribution in [1.82, 2.24) is 4.90 Å². The first kappa shape index (κ1) is 15.2. The smallest absolute Gasteiger partial charge is 0.150 e. The summed E-state index contributed by atoms with van der Waals surface area (Å²) in [5, 5.41) is 1.15. The van der Waals surface area contributed by atoms with E-state index in [0.717, 1.165) is 55.6 Å². The molecule has 2 saturated heterocycles. The number of piperidine rings is 1. The van der Waals surface area contributed by atoms with Gasteiger partial charge in [0, 0.05) is 11.9 Å². The van der Waals surface area contributed by atoms with E-state index in [1.807, 2.05) is 6.07 Å². The van der Waals surface area contributed by atoms with Crippen LogP contribution < -0.4 is 0 Å². The van der Waals surface area contributed by atoms with Crippen LogP contribution in [0, 0.1) is 12.3 Å². The number of benzene rings is 1. The molecule has 1 spiro atoms. The highest BCUT2D eigenvalue weighted by Crippen LogP contribution is 2.40. The molecule has 2 fully saturated rings. The van der Waals surface area contributed by atoms with Gasteiger partial charge in [-0.1, -0.05) is 11.6 Å². The third-order valence-electron chi connectivity index (χ3n) is 5.31. The van der Waals surface area contributed by atoms with Crippen LogP contribution in [0.5, 0.6) is 0 Å². The molecule has 2 aliphatic rings. The van der Waals surface area contributed by atoms with Crippen LogP contribution in [-0.2, 0) is 16.4 Å². The molecule has 0 unspecified atom stereocenters. The highest BCUT2D eigenvalue weighted by atomic mass is 32.2. The summed E-state index contributed by atoms with van der Waals surface area (Å²) in [4.78, 5) is 2.37. The van der Waals surface area contributed by atoms with Crippen molar-refractivity contribution < 1.29 is 12.8 Å². The van der Waals surface area contributed by atoms with E-state index in [0.29, 0.717) is 11.5 Å². The van der Waals surface area contributed by atoms with Crippen molar-refractivity contribution in [3.8, 4) is 0 Å². The van der Waals surface area contributed by atoms with Crippen LogP contribution in [0.3, 0.4) is 0 Å². The highest BCUT2D eigenvalue weighted by molar-refractivity contribution is 7.91. The van der Waals surface area contributed by atoms with Crippen molar-refractivity contribution in [2.24, 2.45) is 5.41 Å². The van der Waals surface area contributed by atoms with Crippen LogP contribution in [-0.4, -0.2) is 37.9 Å². The molecule has 0 N–H and O–H groups in total. The second-order valence-corrected chi connectivity index (χ2v) is 9.59. The number of fused-ring (bicyclic) bond motifs is 1. The minimum absolute atomic E-state index is 0.0142. The summed E-state index contributed by atoms with van der Waals surface area (Å²) in [7, 11) is -2.83. The first-order valence-electron chi connectivity index (χ1n) is 8.35. The third-order valence-corrected chi connectivity index (χ3v) is 7.19. The number of furan rings is 1. The molecule has 0 saturated carbocycles. The van der Waals surface area contributed by atoms with Gasteiger partial charge in [-0.15, -0.1) is 0 Å². The Bertz CT molecular complexity index is 839. The number of likely N-dealkylation sites (tertiary alicyclic amines) is 1. The predicted molar refractivity (Wildman–Crippen MR) is 91.2 cm³/mol. The minimum Gasteiger partial charge on any atom is -0.460 e. The zero-order valence-electron chi connectivity index (χ0n) is 13.5. The summed E-state index contributed by atoms with van der Waals surface area (Å²) in [6.07, 6.45) is 2.95. The largest absolute Gasteiger partial charge is 0.460 e. The monoisotopic (exact) mass is 333 g/mol. The molecule has 4 rings (SSSR count). The summed E-state index contributed by atoms with van der Waals surface area (Å²) in [5.74, 6) is 1.71. The zero-order chi connectivity index (χ0) is 16.1. The Hall–Kier alpha value is -1.33. The van der Waals surface area contributed by atoms with E-state index in [1.165, 1.54) is 5.56 Å². The lowest BCUT2D eigenvalue weighted by Gasteiger charge is -2.39. The highest BCUT2D eigenvalue weighted by Gasteiger charge is 2.44. The summed E-state index contributed by atoms with van der Waals surface area (Å²) in [6, 6.07) is 8.35. The molecular weight excluding hydrogens is 310 g/mol. The van der Waals surface area contributed by atoms with Gasteiger partial charge in [-0.2, -0.15) is 0 Å². The fourth-order valence-corrected chi connectivity index (χ4v) is 6.47. The van der Waals surface area contributed by atoms with Crippen LogP contribution >= 0.6 is 0 Å². The van der Waals surface area contributed by atoms with Gasteiger partial charge in [0.05, 0.1) is 18.1 Å². The van der Waals surface area contributed by atoms with Crippen molar-refractivity contribution in [3.05, 3.63) is 35.6 Å². The zero-order valence-corrected chi connectivity index (χ0v) is 14.4. The number of nitrogens with zero attached hydrogens (tertiary/aromatic N) is 1.